The van der Waals surface area contributed by atoms with Crippen LogP contribution in [0.4, 0.5) is 39.5 Å². The third-order valence-corrected chi connectivity index (χ3v) is 7.01. The van der Waals surface area contributed by atoms with Crippen LogP contribution in [0.1, 0.15) is 37.7 Å². The zero-order valence-electron chi connectivity index (χ0n) is 21.4. The van der Waals surface area contributed by atoms with Crippen molar-refractivity contribution in [3.63, 3.8) is 0 Å². The first kappa shape index (κ1) is 34.9. The molecule has 0 aliphatic carbocycles. The summed E-state index contributed by atoms with van der Waals surface area (Å²) in [6.07, 6.45) is -7.11. The molecule has 0 amide bonds. The van der Waals surface area contributed by atoms with Gasteiger partial charge >= 0.3 is 24.3 Å². The quantitative estimate of drug-likeness (QED) is 0.419. The SMILES string of the molecule is Fc1cc(CN2CCC3(CC2)CC(CN2CCC(F)(F)CC2)O3)ccc1Cl.O=C(O)C(F)(F)F.O=C(O)C(F)(F)F. The highest BCUT2D eigenvalue weighted by Crippen LogP contribution is 2.42. The number of likely N-dealkylation sites (tertiary alicyclic amines) is 2. The number of carboxylic acid groups (broad SMARTS) is 2. The third-order valence-electron chi connectivity index (χ3n) is 6.71. The average molecular weight is 631 g/mol. The molecule has 2 N–H and O–H groups in total. The second kappa shape index (κ2) is 13.8. The van der Waals surface area contributed by atoms with Crippen molar-refractivity contribution in [1.82, 2.24) is 9.80 Å². The maximum absolute atomic E-state index is 13.6. The predicted octanol–water partition coefficient (Wildman–Crippen LogP) is 5.60. The lowest BCUT2D eigenvalue weighted by atomic mass is 9.80. The van der Waals surface area contributed by atoms with Gasteiger partial charge in [-0.25, -0.2) is 22.8 Å². The summed E-state index contributed by atoms with van der Waals surface area (Å²) in [4.78, 5) is 22.2. The van der Waals surface area contributed by atoms with Crippen LogP contribution in [-0.2, 0) is 20.9 Å². The number of piperidine rings is 2. The molecule has 234 valence electrons. The number of halogens is 10. The number of ether oxygens (including phenoxy) is 1. The van der Waals surface area contributed by atoms with Crippen molar-refractivity contribution in [2.45, 2.75) is 68.6 Å². The largest absolute Gasteiger partial charge is 0.490 e. The smallest absolute Gasteiger partial charge is 0.475 e. The van der Waals surface area contributed by atoms with Crippen molar-refractivity contribution in [3.8, 4) is 0 Å². The summed E-state index contributed by atoms with van der Waals surface area (Å²) >= 11 is 5.74. The van der Waals surface area contributed by atoms with Gasteiger partial charge in [0.2, 0.25) is 0 Å². The van der Waals surface area contributed by atoms with Gasteiger partial charge in [0.05, 0.1) is 16.7 Å². The van der Waals surface area contributed by atoms with Gasteiger partial charge in [-0.15, -0.1) is 0 Å². The van der Waals surface area contributed by atoms with Gasteiger partial charge in [-0.1, -0.05) is 17.7 Å². The van der Waals surface area contributed by atoms with E-state index >= 15 is 0 Å². The fourth-order valence-corrected chi connectivity index (χ4v) is 4.67. The Labute approximate surface area is 233 Å². The molecule has 4 rings (SSSR count). The van der Waals surface area contributed by atoms with Crippen LogP contribution in [0.2, 0.25) is 5.02 Å². The zero-order chi connectivity index (χ0) is 31.2. The summed E-state index contributed by atoms with van der Waals surface area (Å²) in [5.74, 6) is -8.37. The first-order valence-electron chi connectivity index (χ1n) is 12.3. The van der Waals surface area contributed by atoms with Crippen molar-refractivity contribution < 1.29 is 64.1 Å². The summed E-state index contributed by atoms with van der Waals surface area (Å²) in [6.45, 7) is 4.26. The Morgan fingerprint density at radius 3 is 1.76 bits per heavy atom. The monoisotopic (exact) mass is 630 g/mol. The lowest BCUT2D eigenvalue weighted by Gasteiger charge is -2.53. The van der Waals surface area contributed by atoms with E-state index in [1.54, 1.807) is 6.07 Å². The van der Waals surface area contributed by atoms with Crippen molar-refractivity contribution >= 4 is 23.5 Å². The van der Waals surface area contributed by atoms with E-state index in [4.69, 9.17) is 36.1 Å². The van der Waals surface area contributed by atoms with Crippen molar-refractivity contribution in [1.29, 1.82) is 0 Å². The molecule has 1 aromatic rings. The molecule has 1 aromatic carbocycles. The Morgan fingerprint density at radius 1 is 0.902 bits per heavy atom. The Bertz CT molecular complexity index is 1010. The summed E-state index contributed by atoms with van der Waals surface area (Å²) < 4.78 is 110. The first-order valence-corrected chi connectivity index (χ1v) is 12.6. The van der Waals surface area contributed by atoms with Gasteiger partial charge in [-0.05, 0) is 30.5 Å². The van der Waals surface area contributed by atoms with Crippen LogP contribution in [0, 0.1) is 5.82 Å². The Morgan fingerprint density at radius 2 is 1.34 bits per heavy atom. The first-order chi connectivity index (χ1) is 18.7. The highest BCUT2D eigenvalue weighted by Gasteiger charge is 2.48. The molecule has 0 radical (unpaired) electrons. The number of hydrogen-bond acceptors (Lipinski definition) is 5. The molecule has 3 aliphatic rings. The van der Waals surface area contributed by atoms with E-state index in [1.807, 2.05) is 6.07 Å². The van der Waals surface area contributed by atoms with Crippen molar-refractivity contribution in [2.24, 2.45) is 0 Å². The summed E-state index contributed by atoms with van der Waals surface area (Å²) in [5.41, 5.74) is 0.897. The highest BCUT2D eigenvalue weighted by atomic mass is 35.5. The standard InChI is InChI=1S/C20H26ClF3N2O.2C2HF3O2/c21-17-2-1-15(11-18(17)22)13-25-7-3-19(4-8-25)12-16(27-19)14-26-9-5-20(23,24)6-10-26;2*3-2(4,5)1(6)7/h1-2,11,16H,3-10,12-14H2;2*(H,6,7). The minimum absolute atomic E-state index is 0.0356. The fourth-order valence-electron chi connectivity index (χ4n) is 4.55. The molecule has 3 heterocycles. The normalized spacial score (nSPS) is 22.4. The van der Waals surface area contributed by atoms with Crippen LogP contribution in [0.25, 0.3) is 0 Å². The molecular formula is C24H28ClF9N2O5. The maximum atomic E-state index is 13.6. The van der Waals surface area contributed by atoms with Crippen LogP contribution in [-0.4, -0.2) is 94.7 Å². The molecular weight excluding hydrogens is 603 g/mol. The van der Waals surface area contributed by atoms with E-state index in [2.05, 4.69) is 9.80 Å². The number of hydrogen-bond donors (Lipinski definition) is 2. The molecule has 3 aliphatic heterocycles. The molecule has 0 saturated carbocycles. The number of alkyl halides is 8. The molecule has 0 aromatic heterocycles. The molecule has 7 nitrogen and oxygen atoms in total. The maximum Gasteiger partial charge on any atom is 0.490 e. The molecule has 17 heteroatoms. The van der Waals surface area contributed by atoms with E-state index < -0.39 is 30.2 Å². The van der Waals surface area contributed by atoms with Crippen molar-refractivity contribution in [3.05, 3.63) is 34.6 Å². The van der Waals surface area contributed by atoms with Crippen LogP contribution in [0.5, 0.6) is 0 Å². The van der Waals surface area contributed by atoms with Gasteiger partial charge in [-0.3, -0.25) is 4.90 Å². The van der Waals surface area contributed by atoms with Gasteiger partial charge in [0.15, 0.2) is 0 Å². The fraction of sp³-hybridized carbons (Fsp3) is 0.667. The molecule has 3 saturated heterocycles. The van der Waals surface area contributed by atoms with Gasteiger partial charge in [0.25, 0.3) is 5.92 Å². The molecule has 1 spiro atoms. The number of carboxylic acids is 2. The van der Waals surface area contributed by atoms with Crippen molar-refractivity contribution in [2.75, 3.05) is 32.7 Å². The minimum Gasteiger partial charge on any atom is -0.475 e. The summed E-state index contributed by atoms with van der Waals surface area (Å²) in [7, 11) is 0. The second-order valence-corrected chi connectivity index (χ2v) is 10.3. The van der Waals surface area contributed by atoms with Crippen LogP contribution in [0.3, 0.4) is 0 Å². The Hall–Kier alpha value is -2.30. The Kier molecular flexibility index (Phi) is 11.7. The van der Waals surface area contributed by atoms with E-state index in [0.29, 0.717) is 13.1 Å². The minimum atomic E-state index is -5.08. The van der Waals surface area contributed by atoms with Gasteiger partial charge in [-0.2, -0.15) is 26.3 Å². The molecule has 1 unspecified atom stereocenters. The third kappa shape index (κ3) is 11.5. The second-order valence-electron chi connectivity index (χ2n) is 9.91. The van der Waals surface area contributed by atoms with Gasteiger partial charge in [0.1, 0.15) is 5.82 Å². The number of carbonyl (C=O) groups is 2. The van der Waals surface area contributed by atoms with Gasteiger partial charge in [0, 0.05) is 58.5 Å². The lowest BCUT2D eigenvalue weighted by Crippen LogP contribution is -2.59. The molecule has 3 fully saturated rings. The predicted molar refractivity (Wildman–Crippen MR) is 126 cm³/mol. The zero-order valence-corrected chi connectivity index (χ0v) is 22.1. The van der Waals surface area contributed by atoms with E-state index in [1.165, 1.54) is 6.07 Å². The number of aliphatic carboxylic acids is 2. The highest BCUT2D eigenvalue weighted by molar-refractivity contribution is 6.30. The van der Waals surface area contributed by atoms with E-state index in [9.17, 15) is 39.5 Å². The van der Waals surface area contributed by atoms with Crippen LogP contribution < -0.4 is 0 Å². The average Bonchev–Trinajstić information content (AvgIpc) is 2.82. The molecule has 41 heavy (non-hydrogen) atoms. The number of benzene rings is 1. The lowest BCUT2D eigenvalue weighted by molar-refractivity contribution is -0.232. The Balaban J connectivity index is 0.000000349. The number of rotatable bonds is 4. The summed E-state index contributed by atoms with van der Waals surface area (Å²) in [5, 5.41) is 14.4. The summed E-state index contributed by atoms with van der Waals surface area (Å²) in [6, 6.07) is 4.98. The molecule has 1 atom stereocenters. The topological polar surface area (TPSA) is 90.3 Å². The van der Waals surface area contributed by atoms with Crippen LogP contribution >= 0.6 is 11.6 Å². The number of nitrogens with zero attached hydrogens (tertiary/aromatic N) is 2. The van der Waals surface area contributed by atoms with Crippen LogP contribution in [0.15, 0.2) is 18.2 Å². The van der Waals surface area contributed by atoms with E-state index in [-0.39, 0.29) is 35.4 Å². The van der Waals surface area contributed by atoms with E-state index in [0.717, 1.165) is 51.0 Å². The molecule has 0 bridgehead atoms. The van der Waals surface area contributed by atoms with Gasteiger partial charge < -0.3 is 19.8 Å².